The smallest absolute Gasteiger partial charge is 0.129 e. The molecule has 94 valence electrons. The van der Waals surface area contributed by atoms with E-state index in [0.29, 0.717) is 0 Å². The van der Waals surface area contributed by atoms with E-state index in [1.807, 2.05) is 38.2 Å². The molecule has 2 rings (SSSR count). The van der Waals surface area contributed by atoms with Gasteiger partial charge in [0.15, 0.2) is 0 Å². The molecule has 1 unspecified atom stereocenters. The molecule has 2 heterocycles. The monoisotopic (exact) mass is 242 g/mol. The summed E-state index contributed by atoms with van der Waals surface area (Å²) >= 11 is 0. The van der Waals surface area contributed by atoms with E-state index < -0.39 is 0 Å². The van der Waals surface area contributed by atoms with Crippen molar-refractivity contribution in [3.63, 3.8) is 0 Å². The Morgan fingerprint density at radius 3 is 2.83 bits per heavy atom. The maximum Gasteiger partial charge on any atom is 0.129 e. The molecule has 4 nitrogen and oxygen atoms in total. The molecule has 0 aliphatic heterocycles. The molecule has 0 aliphatic carbocycles. The number of aryl methyl sites for hydroxylation is 2. The van der Waals surface area contributed by atoms with Gasteiger partial charge in [0.2, 0.25) is 0 Å². The number of rotatable bonds is 4. The van der Waals surface area contributed by atoms with Crippen LogP contribution in [0.25, 0.3) is 11.3 Å². The molecule has 2 N–H and O–H groups in total. The second kappa shape index (κ2) is 5.69. The lowest BCUT2D eigenvalue weighted by molar-refractivity contribution is 0.647. The van der Waals surface area contributed by atoms with E-state index in [2.05, 4.69) is 15.0 Å². The van der Waals surface area contributed by atoms with Crippen LogP contribution in [-0.2, 0) is 6.42 Å². The van der Waals surface area contributed by atoms with Crippen LogP contribution in [0.4, 0.5) is 0 Å². The Balaban J connectivity index is 2.27. The molecule has 0 aromatic carbocycles. The van der Waals surface area contributed by atoms with Crippen molar-refractivity contribution in [1.29, 1.82) is 0 Å². The molecule has 0 saturated heterocycles. The lowest BCUT2D eigenvalue weighted by atomic mass is 10.1. The zero-order valence-corrected chi connectivity index (χ0v) is 10.8. The summed E-state index contributed by atoms with van der Waals surface area (Å²) in [7, 11) is 0. The summed E-state index contributed by atoms with van der Waals surface area (Å²) in [5.41, 5.74) is 8.68. The van der Waals surface area contributed by atoms with Gasteiger partial charge in [-0.05, 0) is 38.5 Å². The standard InChI is InChI=1S/C14H18N4/c1-10(15)5-6-14-17-11(2)8-13(18-14)12-4-3-7-16-9-12/h3-4,7-10H,5-6,15H2,1-2H3. The van der Waals surface area contributed by atoms with Gasteiger partial charge in [-0.3, -0.25) is 4.98 Å². The van der Waals surface area contributed by atoms with Gasteiger partial charge < -0.3 is 5.73 Å². The SMILES string of the molecule is Cc1cc(-c2cccnc2)nc(CCC(C)N)n1. The molecule has 0 aliphatic rings. The maximum absolute atomic E-state index is 5.76. The summed E-state index contributed by atoms with van der Waals surface area (Å²) in [5.74, 6) is 0.853. The molecule has 4 heteroatoms. The number of hydrogen-bond acceptors (Lipinski definition) is 4. The first-order chi connectivity index (χ1) is 8.65. The highest BCUT2D eigenvalue weighted by Crippen LogP contribution is 2.16. The summed E-state index contributed by atoms with van der Waals surface area (Å²) in [6, 6.07) is 6.07. The predicted octanol–water partition coefficient (Wildman–Crippen LogP) is 2.13. The number of aromatic nitrogens is 3. The molecule has 0 amide bonds. The van der Waals surface area contributed by atoms with Crippen LogP contribution in [0.1, 0.15) is 24.9 Å². The fourth-order valence-electron chi connectivity index (χ4n) is 1.76. The summed E-state index contributed by atoms with van der Waals surface area (Å²) in [6.45, 7) is 3.98. The third-order valence-corrected chi connectivity index (χ3v) is 2.68. The lowest BCUT2D eigenvalue weighted by Crippen LogP contribution is -2.16. The second-order valence-corrected chi connectivity index (χ2v) is 4.57. The van der Waals surface area contributed by atoms with Crippen LogP contribution in [0.5, 0.6) is 0 Å². The molecule has 0 spiro atoms. The van der Waals surface area contributed by atoms with Crippen molar-refractivity contribution in [1.82, 2.24) is 15.0 Å². The maximum atomic E-state index is 5.76. The van der Waals surface area contributed by atoms with Crippen molar-refractivity contribution in [3.05, 3.63) is 42.1 Å². The molecule has 18 heavy (non-hydrogen) atoms. The lowest BCUT2D eigenvalue weighted by Gasteiger charge is -2.07. The van der Waals surface area contributed by atoms with Crippen LogP contribution < -0.4 is 5.73 Å². The van der Waals surface area contributed by atoms with Crippen LogP contribution in [0.2, 0.25) is 0 Å². The minimum atomic E-state index is 0.177. The van der Waals surface area contributed by atoms with E-state index in [4.69, 9.17) is 5.73 Å². The minimum absolute atomic E-state index is 0.177. The highest BCUT2D eigenvalue weighted by atomic mass is 14.9. The summed E-state index contributed by atoms with van der Waals surface area (Å²) < 4.78 is 0. The van der Waals surface area contributed by atoms with E-state index in [1.165, 1.54) is 0 Å². The third-order valence-electron chi connectivity index (χ3n) is 2.68. The molecule has 2 aromatic rings. The van der Waals surface area contributed by atoms with Crippen molar-refractivity contribution in [2.24, 2.45) is 5.73 Å². The molecule has 0 bridgehead atoms. The number of pyridine rings is 1. The number of nitrogens with zero attached hydrogens (tertiary/aromatic N) is 3. The molecule has 2 aromatic heterocycles. The van der Waals surface area contributed by atoms with Gasteiger partial charge in [0, 0.05) is 36.1 Å². The fraction of sp³-hybridized carbons (Fsp3) is 0.357. The van der Waals surface area contributed by atoms with Gasteiger partial charge in [-0.15, -0.1) is 0 Å². The summed E-state index contributed by atoms with van der Waals surface area (Å²) in [4.78, 5) is 13.1. The third kappa shape index (κ3) is 3.34. The largest absolute Gasteiger partial charge is 0.328 e. The highest BCUT2D eigenvalue weighted by molar-refractivity contribution is 5.57. The zero-order valence-electron chi connectivity index (χ0n) is 10.8. The van der Waals surface area contributed by atoms with E-state index >= 15 is 0 Å². The Morgan fingerprint density at radius 1 is 1.33 bits per heavy atom. The van der Waals surface area contributed by atoms with Crippen molar-refractivity contribution >= 4 is 0 Å². The first-order valence-corrected chi connectivity index (χ1v) is 6.15. The first-order valence-electron chi connectivity index (χ1n) is 6.15. The van der Waals surface area contributed by atoms with Gasteiger partial charge >= 0.3 is 0 Å². The molecule has 0 fully saturated rings. The van der Waals surface area contributed by atoms with E-state index in [1.54, 1.807) is 6.20 Å². The Bertz CT molecular complexity index is 508. The van der Waals surface area contributed by atoms with Gasteiger partial charge in [0.25, 0.3) is 0 Å². The van der Waals surface area contributed by atoms with Gasteiger partial charge in [-0.1, -0.05) is 0 Å². The van der Waals surface area contributed by atoms with Crippen molar-refractivity contribution in [2.75, 3.05) is 0 Å². The first kappa shape index (κ1) is 12.6. The van der Waals surface area contributed by atoms with Crippen molar-refractivity contribution in [2.45, 2.75) is 32.7 Å². The van der Waals surface area contributed by atoms with Gasteiger partial charge in [0.05, 0.1) is 5.69 Å². The number of hydrogen-bond donors (Lipinski definition) is 1. The van der Waals surface area contributed by atoms with Crippen molar-refractivity contribution < 1.29 is 0 Å². The highest BCUT2D eigenvalue weighted by Gasteiger charge is 2.05. The normalized spacial score (nSPS) is 12.4. The van der Waals surface area contributed by atoms with E-state index in [-0.39, 0.29) is 6.04 Å². The summed E-state index contributed by atoms with van der Waals surface area (Å²) in [6.07, 6.45) is 5.29. The minimum Gasteiger partial charge on any atom is -0.328 e. The van der Waals surface area contributed by atoms with Crippen LogP contribution in [0.3, 0.4) is 0 Å². The van der Waals surface area contributed by atoms with Gasteiger partial charge in [-0.25, -0.2) is 9.97 Å². The van der Waals surface area contributed by atoms with Crippen molar-refractivity contribution in [3.8, 4) is 11.3 Å². The molecule has 0 radical (unpaired) electrons. The number of nitrogens with two attached hydrogens (primary N) is 1. The zero-order chi connectivity index (χ0) is 13.0. The molecular weight excluding hydrogens is 224 g/mol. The average Bonchev–Trinajstić information content (AvgIpc) is 2.37. The molecule has 1 atom stereocenters. The van der Waals surface area contributed by atoms with Gasteiger partial charge in [0.1, 0.15) is 5.82 Å². The second-order valence-electron chi connectivity index (χ2n) is 4.57. The van der Waals surface area contributed by atoms with Gasteiger partial charge in [-0.2, -0.15) is 0 Å². The fourth-order valence-corrected chi connectivity index (χ4v) is 1.76. The average molecular weight is 242 g/mol. The Labute approximate surface area is 107 Å². The topological polar surface area (TPSA) is 64.7 Å². The van der Waals surface area contributed by atoms with Crippen LogP contribution in [0, 0.1) is 6.92 Å². The Morgan fingerprint density at radius 2 is 2.17 bits per heavy atom. The molecule has 0 saturated carbocycles. The Kier molecular flexibility index (Phi) is 3.99. The molecular formula is C14H18N4. The Hall–Kier alpha value is -1.81. The quantitative estimate of drug-likeness (QED) is 0.892. The predicted molar refractivity (Wildman–Crippen MR) is 72.0 cm³/mol. The van der Waals surface area contributed by atoms with E-state index in [0.717, 1.165) is 35.6 Å². The van der Waals surface area contributed by atoms with E-state index in [9.17, 15) is 0 Å². The van der Waals surface area contributed by atoms with Crippen LogP contribution in [-0.4, -0.2) is 21.0 Å². The summed E-state index contributed by atoms with van der Waals surface area (Å²) in [5, 5.41) is 0. The van der Waals surface area contributed by atoms with Crippen LogP contribution >= 0.6 is 0 Å². The van der Waals surface area contributed by atoms with Crippen LogP contribution in [0.15, 0.2) is 30.6 Å².